The molecule has 0 saturated heterocycles. The van der Waals surface area contributed by atoms with Crippen molar-refractivity contribution in [1.82, 2.24) is 0 Å². The number of hydrogen-bond acceptors (Lipinski definition) is 6. The van der Waals surface area contributed by atoms with Gasteiger partial charge in [-0.1, -0.05) is 0 Å². The standard InChI is InChI=1S/C22H21F3N2O6/c1-31-8-9-32-18-6-4-15(22(23,24)25)11-17(18)27-20(29)12-33-21(30)14-2-5-16-13(10-14)3-7-19(28)26-16/h2,4-6,10-11H,3,7-9,12H2,1H3,(H,26,28)(H,27,29). The topological polar surface area (TPSA) is 103 Å². The number of hydrogen-bond donors (Lipinski definition) is 2. The highest BCUT2D eigenvalue weighted by Crippen LogP contribution is 2.35. The van der Waals surface area contributed by atoms with Crippen molar-refractivity contribution in [2.75, 3.05) is 37.6 Å². The summed E-state index contributed by atoms with van der Waals surface area (Å²) in [5, 5.41) is 4.97. The van der Waals surface area contributed by atoms with E-state index in [-0.39, 0.29) is 36.1 Å². The smallest absolute Gasteiger partial charge is 0.416 e. The number of amides is 2. The fraction of sp³-hybridized carbons (Fsp3) is 0.318. The fourth-order valence-corrected chi connectivity index (χ4v) is 3.08. The molecule has 8 nitrogen and oxygen atoms in total. The summed E-state index contributed by atoms with van der Waals surface area (Å²) >= 11 is 0. The summed E-state index contributed by atoms with van der Waals surface area (Å²) in [5.74, 6) is -1.74. The van der Waals surface area contributed by atoms with Crippen LogP contribution in [-0.2, 0) is 31.7 Å². The van der Waals surface area contributed by atoms with Gasteiger partial charge in [-0.2, -0.15) is 13.2 Å². The molecule has 0 fully saturated rings. The molecule has 0 bridgehead atoms. The lowest BCUT2D eigenvalue weighted by atomic mass is 10.0. The average Bonchev–Trinajstić information content (AvgIpc) is 2.77. The average molecular weight is 466 g/mol. The van der Waals surface area contributed by atoms with E-state index in [4.69, 9.17) is 14.2 Å². The number of ether oxygens (including phenoxy) is 3. The quantitative estimate of drug-likeness (QED) is 0.457. The van der Waals surface area contributed by atoms with Crippen LogP contribution in [0.1, 0.15) is 27.9 Å². The zero-order valence-corrected chi connectivity index (χ0v) is 17.6. The van der Waals surface area contributed by atoms with Crippen LogP contribution in [0, 0.1) is 0 Å². The van der Waals surface area contributed by atoms with Gasteiger partial charge in [-0.3, -0.25) is 9.59 Å². The van der Waals surface area contributed by atoms with Crippen LogP contribution in [0.4, 0.5) is 24.5 Å². The first kappa shape index (κ1) is 24.1. The number of aryl methyl sites for hydroxylation is 1. The Hall–Kier alpha value is -3.60. The third-order valence-corrected chi connectivity index (χ3v) is 4.70. The molecular formula is C22H21F3N2O6. The van der Waals surface area contributed by atoms with Gasteiger partial charge in [0.15, 0.2) is 6.61 Å². The first-order chi connectivity index (χ1) is 15.7. The molecule has 0 aromatic heterocycles. The zero-order chi connectivity index (χ0) is 24.0. The van der Waals surface area contributed by atoms with Crippen LogP contribution in [0.2, 0.25) is 0 Å². The summed E-state index contributed by atoms with van der Waals surface area (Å²) in [6.45, 7) is -0.477. The van der Waals surface area contributed by atoms with Crippen LogP contribution in [0.25, 0.3) is 0 Å². The van der Waals surface area contributed by atoms with Crippen LogP contribution >= 0.6 is 0 Å². The van der Waals surface area contributed by atoms with Crippen molar-refractivity contribution in [3.8, 4) is 5.75 Å². The Kier molecular flexibility index (Phi) is 7.54. The number of rotatable bonds is 8. The molecule has 2 aromatic carbocycles. The summed E-state index contributed by atoms with van der Waals surface area (Å²) in [7, 11) is 1.44. The summed E-state index contributed by atoms with van der Waals surface area (Å²) < 4.78 is 54.4. The van der Waals surface area contributed by atoms with E-state index in [0.29, 0.717) is 18.5 Å². The maximum absolute atomic E-state index is 13.1. The molecule has 1 heterocycles. The van der Waals surface area contributed by atoms with Crippen LogP contribution in [0.15, 0.2) is 36.4 Å². The van der Waals surface area contributed by atoms with E-state index in [1.807, 2.05) is 0 Å². The van der Waals surface area contributed by atoms with Crippen LogP contribution < -0.4 is 15.4 Å². The number of alkyl halides is 3. The highest BCUT2D eigenvalue weighted by molar-refractivity contribution is 5.98. The lowest BCUT2D eigenvalue weighted by molar-refractivity contribution is -0.137. The normalized spacial score (nSPS) is 13.0. The largest absolute Gasteiger partial charge is 0.489 e. The van der Waals surface area contributed by atoms with Gasteiger partial charge in [0.1, 0.15) is 12.4 Å². The molecule has 11 heteroatoms. The SMILES string of the molecule is COCCOc1ccc(C(F)(F)F)cc1NC(=O)COC(=O)c1ccc2c(c1)CCC(=O)N2. The molecule has 3 rings (SSSR count). The molecule has 0 aliphatic carbocycles. The van der Waals surface area contributed by atoms with Crippen molar-refractivity contribution < 1.29 is 41.8 Å². The summed E-state index contributed by atoms with van der Waals surface area (Å²) in [5.41, 5.74) is 0.350. The molecule has 1 aliphatic heterocycles. The molecule has 176 valence electrons. The minimum absolute atomic E-state index is 0.0106. The lowest BCUT2D eigenvalue weighted by Crippen LogP contribution is -2.22. The van der Waals surface area contributed by atoms with Gasteiger partial charge in [0.2, 0.25) is 5.91 Å². The van der Waals surface area contributed by atoms with Gasteiger partial charge in [0.05, 0.1) is 23.4 Å². The van der Waals surface area contributed by atoms with E-state index >= 15 is 0 Å². The van der Waals surface area contributed by atoms with Gasteiger partial charge in [0, 0.05) is 19.2 Å². The number of methoxy groups -OCH3 is 1. The van der Waals surface area contributed by atoms with Crippen molar-refractivity contribution in [2.24, 2.45) is 0 Å². The van der Waals surface area contributed by atoms with Crippen LogP contribution in [0.5, 0.6) is 5.75 Å². The van der Waals surface area contributed by atoms with Gasteiger partial charge < -0.3 is 24.8 Å². The van der Waals surface area contributed by atoms with E-state index in [9.17, 15) is 27.6 Å². The molecule has 1 aliphatic rings. The molecule has 0 unspecified atom stereocenters. The summed E-state index contributed by atoms with van der Waals surface area (Å²) in [6, 6.07) is 7.22. The molecule has 2 aromatic rings. The Balaban J connectivity index is 1.65. The maximum Gasteiger partial charge on any atom is 0.416 e. The number of fused-ring (bicyclic) bond motifs is 1. The van der Waals surface area contributed by atoms with Crippen molar-refractivity contribution >= 4 is 29.2 Å². The number of anilines is 2. The molecule has 2 N–H and O–H groups in total. The van der Waals surface area contributed by atoms with Crippen LogP contribution in [-0.4, -0.2) is 44.7 Å². The minimum atomic E-state index is -4.62. The Morgan fingerprint density at radius 1 is 1.09 bits per heavy atom. The van der Waals surface area contributed by atoms with Crippen molar-refractivity contribution in [3.63, 3.8) is 0 Å². The maximum atomic E-state index is 13.1. The van der Waals surface area contributed by atoms with Gasteiger partial charge in [0.25, 0.3) is 5.91 Å². The second-order valence-corrected chi connectivity index (χ2v) is 7.09. The van der Waals surface area contributed by atoms with Gasteiger partial charge in [-0.25, -0.2) is 4.79 Å². The summed E-state index contributed by atoms with van der Waals surface area (Å²) in [6.07, 6.45) is -3.87. The second-order valence-electron chi connectivity index (χ2n) is 7.09. The third-order valence-electron chi connectivity index (χ3n) is 4.70. The number of esters is 1. The predicted molar refractivity (Wildman–Crippen MR) is 111 cm³/mol. The van der Waals surface area contributed by atoms with Crippen molar-refractivity contribution in [2.45, 2.75) is 19.0 Å². The zero-order valence-electron chi connectivity index (χ0n) is 17.6. The number of halogens is 3. The van der Waals surface area contributed by atoms with Crippen LogP contribution in [0.3, 0.4) is 0 Å². The highest BCUT2D eigenvalue weighted by atomic mass is 19.4. The number of nitrogens with one attached hydrogen (secondary N) is 2. The minimum Gasteiger partial charge on any atom is -0.489 e. The molecule has 0 spiro atoms. The first-order valence-electron chi connectivity index (χ1n) is 9.90. The first-order valence-corrected chi connectivity index (χ1v) is 9.90. The Morgan fingerprint density at radius 3 is 2.61 bits per heavy atom. The van der Waals surface area contributed by atoms with Gasteiger partial charge in [-0.05, 0) is 48.4 Å². The number of carbonyl (C=O) groups excluding carboxylic acids is 3. The van der Waals surface area contributed by atoms with Gasteiger partial charge in [-0.15, -0.1) is 0 Å². The van der Waals surface area contributed by atoms with E-state index in [1.165, 1.54) is 13.2 Å². The Bertz CT molecular complexity index is 1050. The molecule has 0 radical (unpaired) electrons. The molecular weight excluding hydrogens is 445 g/mol. The molecule has 0 atom stereocenters. The molecule has 2 amide bonds. The van der Waals surface area contributed by atoms with Gasteiger partial charge >= 0.3 is 12.1 Å². The van der Waals surface area contributed by atoms with Crippen molar-refractivity contribution in [3.05, 3.63) is 53.1 Å². The Morgan fingerprint density at radius 2 is 1.88 bits per heavy atom. The summed E-state index contributed by atoms with van der Waals surface area (Å²) in [4.78, 5) is 36.0. The Labute approximate surface area is 187 Å². The predicted octanol–water partition coefficient (Wildman–Crippen LogP) is 3.41. The number of benzene rings is 2. The third kappa shape index (κ3) is 6.45. The number of carbonyl (C=O) groups is 3. The van der Waals surface area contributed by atoms with E-state index < -0.39 is 30.2 Å². The van der Waals surface area contributed by atoms with E-state index in [0.717, 1.165) is 23.8 Å². The van der Waals surface area contributed by atoms with Crippen molar-refractivity contribution in [1.29, 1.82) is 0 Å². The lowest BCUT2D eigenvalue weighted by Gasteiger charge is -2.17. The monoisotopic (exact) mass is 466 g/mol. The highest BCUT2D eigenvalue weighted by Gasteiger charge is 2.31. The van der Waals surface area contributed by atoms with E-state index in [2.05, 4.69) is 10.6 Å². The van der Waals surface area contributed by atoms with E-state index in [1.54, 1.807) is 12.1 Å². The molecule has 0 saturated carbocycles. The fourth-order valence-electron chi connectivity index (χ4n) is 3.08. The molecule has 33 heavy (non-hydrogen) atoms. The second kappa shape index (κ2) is 10.3.